The molecule has 2 rings (SSSR count). The van der Waals surface area contributed by atoms with Crippen molar-refractivity contribution in [3.05, 3.63) is 63.2 Å². The molecule has 0 spiro atoms. The summed E-state index contributed by atoms with van der Waals surface area (Å²) in [6.07, 6.45) is 0.950. The normalized spacial score (nSPS) is 12.5. The Hall–Kier alpha value is -1.47. The summed E-state index contributed by atoms with van der Waals surface area (Å²) < 4.78 is 5.73. The van der Waals surface area contributed by atoms with E-state index in [-0.39, 0.29) is 0 Å². The summed E-state index contributed by atoms with van der Waals surface area (Å²) in [5, 5.41) is 0.792. The molecule has 0 amide bonds. The van der Waals surface area contributed by atoms with Gasteiger partial charge in [-0.25, -0.2) is 0 Å². The van der Waals surface area contributed by atoms with E-state index in [1.54, 1.807) is 7.11 Å². The molecule has 1 atom stereocenters. The Balaban J connectivity index is 2.42. The van der Waals surface area contributed by atoms with Crippen LogP contribution >= 0.6 is 11.6 Å². The van der Waals surface area contributed by atoms with E-state index in [4.69, 9.17) is 16.3 Å². The summed E-state index contributed by atoms with van der Waals surface area (Å²) in [5.74, 6) is 1.73. The number of benzene rings is 2. The van der Waals surface area contributed by atoms with Gasteiger partial charge in [-0.05, 0) is 60.4 Å². The van der Waals surface area contributed by atoms with Crippen LogP contribution in [0.5, 0.6) is 5.75 Å². The van der Waals surface area contributed by atoms with Crippen molar-refractivity contribution in [2.24, 2.45) is 0 Å². The lowest BCUT2D eigenvalue weighted by Gasteiger charge is -2.22. The number of hydrogen-bond donors (Lipinski definition) is 0. The molecule has 124 valence electrons. The summed E-state index contributed by atoms with van der Waals surface area (Å²) in [5.41, 5.74) is 6.50. The number of hydrogen-bond acceptors (Lipinski definition) is 1. The van der Waals surface area contributed by atoms with E-state index in [1.807, 2.05) is 6.07 Å². The standard InChI is InChI=1S/C21H27ClO/c1-13(2)19-18(22)11-10-17(21(19)23-6)12-16(5)20-14(3)8-7-9-15(20)4/h7-11,13,16H,12H2,1-6H3. The Morgan fingerprint density at radius 1 is 0.957 bits per heavy atom. The minimum atomic E-state index is 0.341. The van der Waals surface area contributed by atoms with Gasteiger partial charge in [0.25, 0.3) is 0 Å². The van der Waals surface area contributed by atoms with E-state index in [9.17, 15) is 0 Å². The molecular formula is C21H27ClO. The number of methoxy groups -OCH3 is 1. The molecule has 0 bridgehead atoms. The zero-order valence-electron chi connectivity index (χ0n) is 15.0. The molecule has 0 aliphatic rings. The minimum absolute atomic E-state index is 0.341. The van der Waals surface area contributed by atoms with Gasteiger partial charge >= 0.3 is 0 Å². The van der Waals surface area contributed by atoms with Gasteiger partial charge in [0.1, 0.15) is 5.75 Å². The van der Waals surface area contributed by atoms with E-state index < -0.39 is 0 Å². The molecule has 0 radical (unpaired) electrons. The summed E-state index contributed by atoms with van der Waals surface area (Å²) in [6, 6.07) is 10.6. The Kier molecular flexibility index (Phi) is 5.75. The average molecular weight is 331 g/mol. The average Bonchev–Trinajstić information content (AvgIpc) is 2.48. The fourth-order valence-corrected chi connectivity index (χ4v) is 3.96. The van der Waals surface area contributed by atoms with E-state index in [0.29, 0.717) is 11.8 Å². The Labute approximate surface area is 145 Å². The van der Waals surface area contributed by atoms with Gasteiger partial charge in [-0.1, -0.05) is 56.6 Å². The van der Waals surface area contributed by atoms with Gasteiger partial charge in [-0.15, -0.1) is 0 Å². The molecule has 23 heavy (non-hydrogen) atoms. The lowest BCUT2D eigenvalue weighted by atomic mass is 9.86. The highest BCUT2D eigenvalue weighted by Crippen LogP contribution is 2.38. The van der Waals surface area contributed by atoms with Gasteiger partial charge in [0.15, 0.2) is 0 Å². The molecule has 0 saturated carbocycles. The fourth-order valence-electron chi connectivity index (χ4n) is 3.60. The van der Waals surface area contributed by atoms with Crippen molar-refractivity contribution < 1.29 is 4.74 Å². The molecule has 0 fully saturated rings. The van der Waals surface area contributed by atoms with E-state index in [0.717, 1.165) is 22.8 Å². The van der Waals surface area contributed by atoms with Crippen molar-refractivity contribution in [1.82, 2.24) is 0 Å². The van der Waals surface area contributed by atoms with Crippen molar-refractivity contribution in [3.63, 3.8) is 0 Å². The van der Waals surface area contributed by atoms with Crippen LogP contribution in [0.1, 0.15) is 60.4 Å². The van der Waals surface area contributed by atoms with Crippen LogP contribution in [-0.4, -0.2) is 7.11 Å². The summed E-state index contributed by atoms with van der Waals surface area (Å²) >= 11 is 6.40. The zero-order valence-corrected chi connectivity index (χ0v) is 15.8. The van der Waals surface area contributed by atoms with Crippen LogP contribution in [0, 0.1) is 13.8 Å². The smallest absolute Gasteiger partial charge is 0.127 e. The van der Waals surface area contributed by atoms with Gasteiger partial charge < -0.3 is 4.74 Å². The molecule has 1 nitrogen and oxygen atoms in total. The second kappa shape index (κ2) is 7.40. The third kappa shape index (κ3) is 3.72. The first-order chi connectivity index (χ1) is 10.9. The van der Waals surface area contributed by atoms with Crippen molar-refractivity contribution in [1.29, 1.82) is 0 Å². The second-order valence-corrected chi connectivity index (χ2v) is 7.13. The molecule has 0 aliphatic carbocycles. The predicted molar refractivity (Wildman–Crippen MR) is 100 cm³/mol. The molecule has 0 saturated heterocycles. The molecular weight excluding hydrogens is 304 g/mol. The number of ether oxygens (including phenoxy) is 1. The highest BCUT2D eigenvalue weighted by atomic mass is 35.5. The van der Waals surface area contributed by atoms with Crippen LogP contribution in [-0.2, 0) is 6.42 Å². The van der Waals surface area contributed by atoms with Crippen LogP contribution in [0.4, 0.5) is 0 Å². The van der Waals surface area contributed by atoms with Gasteiger partial charge in [-0.2, -0.15) is 0 Å². The molecule has 2 aromatic carbocycles. The lowest BCUT2D eigenvalue weighted by molar-refractivity contribution is 0.401. The third-order valence-electron chi connectivity index (χ3n) is 4.57. The maximum atomic E-state index is 6.40. The van der Waals surface area contributed by atoms with Gasteiger partial charge in [0, 0.05) is 10.6 Å². The van der Waals surface area contributed by atoms with E-state index in [2.05, 4.69) is 58.9 Å². The topological polar surface area (TPSA) is 9.23 Å². The van der Waals surface area contributed by atoms with E-state index in [1.165, 1.54) is 22.3 Å². The molecule has 0 aliphatic heterocycles. The van der Waals surface area contributed by atoms with Crippen LogP contribution in [0.15, 0.2) is 30.3 Å². The highest BCUT2D eigenvalue weighted by Gasteiger charge is 2.19. The van der Waals surface area contributed by atoms with Crippen molar-refractivity contribution in [2.45, 2.75) is 52.9 Å². The fraction of sp³-hybridized carbons (Fsp3) is 0.429. The third-order valence-corrected chi connectivity index (χ3v) is 4.90. The SMILES string of the molecule is COc1c(CC(C)c2c(C)cccc2C)ccc(Cl)c1C(C)C. The predicted octanol–water partition coefficient (Wildman–Crippen LogP) is 6.44. The molecule has 2 heteroatoms. The first-order valence-electron chi connectivity index (χ1n) is 8.28. The number of rotatable bonds is 5. The molecule has 1 unspecified atom stereocenters. The van der Waals surface area contributed by atoms with Crippen molar-refractivity contribution in [3.8, 4) is 5.75 Å². The summed E-state index contributed by atoms with van der Waals surface area (Å²) in [4.78, 5) is 0. The maximum Gasteiger partial charge on any atom is 0.127 e. The van der Waals surface area contributed by atoms with Gasteiger partial charge in [-0.3, -0.25) is 0 Å². The lowest BCUT2D eigenvalue weighted by Crippen LogP contribution is -2.06. The summed E-state index contributed by atoms with van der Waals surface area (Å²) in [6.45, 7) is 11.0. The van der Waals surface area contributed by atoms with Crippen LogP contribution in [0.2, 0.25) is 5.02 Å². The number of aryl methyl sites for hydroxylation is 2. The Morgan fingerprint density at radius 2 is 1.57 bits per heavy atom. The maximum absolute atomic E-state index is 6.40. The monoisotopic (exact) mass is 330 g/mol. The van der Waals surface area contributed by atoms with Crippen LogP contribution < -0.4 is 4.74 Å². The van der Waals surface area contributed by atoms with Crippen LogP contribution in [0.25, 0.3) is 0 Å². The van der Waals surface area contributed by atoms with Gasteiger partial charge in [0.05, 0.1) is 7.11 Å². The highest BCUT2D eigenvalue weighted by molar-refractivity contribution is 6.31. The number of halogens is 1. The van der Waals surface area contributed by atoms with Crippen LogP contribution in [0.3, 0.4) is 0 Å². The second-order valence-electron chi connectivity index (χ2n) is 6.72. The minimum Gasteiger partial charge on any atom is -0.496 e. The first kappa shape index (κ1) is 17.9. The quantitative estimate of drug-likeness (QED) is 0.613. The van der Waals surface area contributed by atoms with E-state index >= 15 is 0 Å². The molecule has 0 aromatic heterocycles. The molecule has 2 aromatic rings. The Morgan fingerprint density at radius 3 is 2.09 bits per heavy atom. The molecule has 0 heterocycles. The zero-order chi connectivity index (χ0) is 17.1. The largest absolute Gasteiger partial charge is 0.496 e. The Bertz CT molecular complexity index is 668. The van der Waals surface area contributed by atoms with Gasteiger partial charge in [0.2, 0.25) is 0 Å². The van der Waals surface area contributed by atoms with Crippen molar-refractivity contribution in [2.75, 3.05) is 7.11 Å². The first-order valence-corrected chi connectivity index (χ1v) is 8.66. The summed E-state index contributed by atoms with van der Waals surface area (Å²) in [7, 11) is 1.74. The van der Waals surface area contributed by atoms with Crippen molar-refractivity contribution >= 4 is 11.6 Å². The molecule has 0 N–H and O–H groups in total.